The molecule has 7 heteroatoms. The van der Waals surface area contributed by atoms with Crippen LogP contribution < -0.4 is 14.4 Å². The molecule has 0 fully saturated rings. The predicted molar refractivity (Wildman–Crippen MR) is 157 cm³/mol. The minimum atomic E-state index is -0.336. The van der Waals surface area contributed by atoms with Crippen LogP contribution in [0.4, 0.5) is 5.69 Å². The second kappa shape index (κ2) is 11.7. The Bertz CT molecular complexity index is 1500. The average molecular weight is 538 g/mol. The first-order valence-corrected chi connectivity index (χ1v) is 13.6. The second-order valence-corrected chi connectivity index (χ2v) is 10.1. The second-order valence-electron chi connectivity index (χ2n) is 10.1. The zero-order chi connectivity index (χ0) is 28.2. The van der Waals surface area contributed by atoms with Gasteiger partial charge >= 0.3 is 0 Å². The van der Waals surface area contributed by atoms with E-state index in [0.717, 1.165) is 41.0 Å². The molecule has 2 amide bonds. The van der Waals surface area contributed by atoms with Gasteiger partial charge in [-0.25, -0.2) is 0 Å². The largest absolute Gasteiger partial charge is 0.497 e. The van der Waals surface area contributed by atoms with Crippen LogP contribution in [-0.4, -0.2) is 48.6 Å². The molecule has 0 aliphatic carbocycles. The third-order valence-electron chi connectivity index (χ3n) is 7.34. The SMILES string of the molecule is CCCCN(CC(=O)N1c2ccccc2-n2cccc2C1c1cccc(C)c1)C(=O)c1cc(OC)cc(OC)c1. The van der Waals surface area contributed by atoms with Crippen molar-refractivity contribution in [2.24, 2.45) is 0 Å². The molecule has 7 nitrogen and oxygen atoms in total. The third kappa shape index (κ3) is 5.19. The Kier molecular flexibility index (Phi) is 7.91. The van der Waals surface area contributed by atoms with Crippen LogP contribution in [0.25, 0.3) is 5.69 Å². The van der Waals surface area contributed by atoms with Crippen molar-refractivity contribution < 1.29 is 19.1 Å². The van der Waals surface area contributed by atoms with Gasteiger partial charge in [0.05, 0.1) is 31.3 Å². The summed E-state index contributed by atoms with van der Waals surface area (Å²) in [5, 5.41) is 0. The fourth-order valence-electron chi connectivity index (χ4n) is 5.37. The molecule has 1 unspecified atom stereocenters. The number of para-hydroxylation sites is 2. The average Bonchev–Trinajstić information content (AvgIpc) is 3.47. The number of ether oxygens (including phenoxy) is 2. The Balaban J connectivity index is 1.55. The maximum absolute atomic E-state index is 14.4. The van der Waals surface area contributed by atoms with Crippen LogP contribution in [0.3, 0.4) is 0 Å². The van der Waals surface area contributed by atoms with Crippen molar-refractivity contribution in [3.05, 3.63) is 107 Å². The lowest BCUT2D eigenvalue weighted by Gasteiger charge is -2.39. The number of amides is 2. The highest BCUT2D eigenvalue weighted by molar-refractivity contribution is 6.03. The molecule has 1 aliphatic heterocycles. The molecule has 0 saturated heterocycles. The van der Waals surface area contributed by atoms with E-state index in [-0.39, 0.29) is 24.4 Å². The van der Waals surface area contributed by atoms with Gasteiger partial charge in [-0.2, -0.15) is 0 Å². The van der Waals surface area contributed by atoms with Crippen LogP contribution >= 0.6 is 0 Å². The van der Waals surface area contributed by atoms with Gasteiger partial charge < -0.3 is 18.9 Å². The molecule has 206 valence electrons. The minimum absolute atomic E-state index is 0.0598. The van der Waals surface area contributed by atoms with Crippen molar-refractivity contribution in [1.29, 1.82) is 0 Å². The fourth-order valence-corrected chi connectivity index (χ4v) is 5.37. The maximum atomic E-state index is 14.4. The van der Waals surface area contributed by atoms with Crippen LogP contribution in [0.15, 0.2) is 85.1 Å². The van der Waals surface area contributed by atoms with Gasteiger partial charge in [0.15, 0.2) is 0 Å². The van der Waals surface area contributed by atoms with E-state index in [1.807, 2.05) is 47.5 Å². The van der Waals surface area contributed by atoms with Crippen LogP contribution in [0.1, 0.15) is 53.0 Å². The summed E-state index contributed by atoms with van der Waals surface area (Å²) in [6, 6.07) is 25.0. The van der Waals surface area contributed by atoms with E-state index in [4.69, 9.17) is 9.47 Å². The topological polar surface area (TPSA) is 64.0 Å². The number of carbonyl (C=O) groups is 2. The van der Waals surface area contributed by atoms with Crippen molar-refractivity contribution in [3.63, 3.8) is 0 Å². The van der Waals surface area contributed by atoms with Gasteiger partial charge in [0.25, 0.3) is 5.91 Å². The lowest BCUT2D eigenvalue weighted by atomic mass is 9.96. The van der Waals surface area contributed by atoms with Crippen molar-refractivity contribution in [3.8, 4) is 17.2 Å². The van der Waals surface area contributed by atoms with Crippen LogP contribution in [0.5, 0.6) is 11.5 Å². The Hall–Kier alpha value is -4.52. The zero-order valence-electron chi connectivity index (χ0n) is 23.5. The van der Waals surface area contributed by atoms with Crippen molar-refractivity contribution in [1.82, 2.24) is 9.47 Å². The van der Waals surface area contributed by atoms with Gasteiger partial charge in [-0.3, -0.25) is 14.5 Å². The highest BCUT2D eigenvalue weighted by Crippen LogP contribution is 2.42. The Morgan fingerprint density at radius 1 is 0.875 bits per heavy atom. The molecule has 3 aromatic carbocycles. The molecule has 0 bridgehead atoms. The summed E-state index contributed by atoms with van der Waals surface area (Å²) in [4.78, 5) is 31.7. The van der Waals surface area contributed by atoms with E-state index >= 15 is 0 Å². The molecule has 0 spiro atoms. The maximum Gasteiger partial charge on any atom is 0.254 e. The standard InChI is InChI=1S/C33H35N3O4/c1-5-6-16-34(33(38)25-19-26(39-3)21-27(20-25)40-4)22-31(37)36-29-14-8-7-13-28(29)35-17-10-15-30(35)32(36)24-12-9-11-23(2)18-24/h7-15,17-21,32H,5-6,16,22H2,1-4H3. The van der Waals surface area contributed by atoms with E-state index < -0.39 is 0 Å². The molecule has 40 heavy (non-hydrogen) atoms. The number of anilines is 1. The van der Waals surface area contributed by atoms with E-state index in [0.29, 0.717) is 23.6 Å². The number of nitrogens with zero attached hydrogens (tertiary/aromatic N) is 3. The molecule has 1 aliphatic rings. The number of aromatic nitrogens is 1. The molecule has 2 heterocycles. The normalized spacial score (nSPS) is 13.8. The molecule has 0 radical (unpaired) electrons. The van der Waals surface area contributed by atoms with Gasteiger partial charge in [0.1, 0.15) is 24.1 Å². The number of rotatable bonds is 9. The lowest BCUT2D eigenvalue weighted by Crippen LogP contribution is -2.47. The monoisotopic (exact) mass is 537 g/mol. The highest BCUT2D eigenvalue weighted by Gasteiger charge is 2.37. The first kappa shape index (κ1) is 27.1. The lowest BCUT2D eigenvalue weighted by molar-refractivity contribution is -0.119. The van der Waals surface area contributed by atoms with E-state index in [1.165, 1.54) is 0 Å². The van der Waals surface area contributed by atoms with Crippen molar-refractivity contribution in [2.75, 3.05) is 32.2 Å². The summed E-state index contributed by atoms with van der Waals surface area (Å²) in [6.07, 6.45) is 3.71. The number of carbonyl (C=O) groups excluding carboxylic acids is 2. The number of hydrogen-bond acceptors (Lipinski definition) is 4. The Morgan fingerprint density at radius 3 is 2.27 bits per heavy atom. The smallest absolute Gasteiger partial charge is 0.254 e. The summed E-state index contributed by atoms with van der Waals surface area (Å²) >= 11 is 0. The molecule has 1 atom stereocenters. The summed E-state index contributed by atoms with van der Waals surface area (Å²) in [7, 11) is 3.10. The molecular formula is C33H35N3O4. The fraction of sp³-hybridized carbons (Fsp3) is 0.273. The van der Waals surface area contributed by atoms with Gasteiger partial charge in [-0.15, -0.1) is 0 Å². The Morgan fingerprint density at radius 2 is 1.60 bits per heavy atom. The number of aryl methyl sites for hydroxylation is 1. The third-order valence-corrected chi connectivity index (χ3v) is 7.34. The first-order valence-electron chi connectivity index (χ1n) is 13.6. The van der Waals surface area contributed by atoms with Crippen LogP contribution in [0.2, 0.25) is 0 Å². The summed E-state index contributed by atoms with van der Waals surface area (Å²) < 4.78 is 12.9. The van der Waals surface area contributed by atoms with Gasteiger partial charge in [-0.05, 0) is 55.3 Å². The Labute approximate surface area is 235 Å². The number of unbranched alkanes of at least 4 members (excludes halogenated alkanes) is 1. The van der Waals surface area contributed by atoms with Gasteiger partial charge in [-0.1, -0.05) is 55.3 Å². The molecule has 0 N–H and O–H groups in total. The molecule has 4 aromatic rings. The first-order chi connectivity index (χ1) is 19.4. The number of methoxy groups -OCH3 is 2. The summed E-state index contributed by atoms with van der Waals surface area (Å²) in [6.45, 7) is 4.53. The van der Waals surface area contributed by atoms with Crippen molar-refractivity contribution in [2.45, 2.75) is 32.7 Å². The van der Waals surface area contributed by atoms with E-state index in [2.05, 4.69) is 42.7 Å². The quantitative estimate of drug-likeness (QED) is 0.256. The molecule has 1 aromatic heterocycles. The molecule has 0 saturated carbocycles. The molecular weight excluding hydrogens is 502 g/mol. The summed E-state index contributed by atoms with van der Waals surface area (Å²) in [5.74, 6) is 0.662. The van der Waals surface area contributed by atoms with E-state index in [1.54, 1.807) is 37.3 Å². The van der Waals surface area contributed by atoms with Crippen molar-refractivity contribution >= 4 is 17.5 Å². The number of hydrogen-bond donors (Lipinski definition) is 0. The van der Waals surface area contributed by atoms with Crippen LogP contribution in [0, 0.1) is 6.92 Å². The predicted octanol–water partition coefficient (Wildman–Crippen LogP) is 6.18. The highest BCUT2D eigenvalue weighted by atomic mass is 16.5. The number of fused-ring (bicyclic) bond motifs is 3. The van der Waals surface area contributed by atoms with Crippen LogP contribution in [-0.2, 0) is 4.79 Å². The van der Waals surface area contributed by atoms with Gasteiger partial charge in [0.2, 0.25) is 5.91 Å². The zero-order valence-corrected chi connectivity index (χ0v) is 23.5. The summed E-state index contributed by atoms with van der Waals surface area (Å²) in [5.41, 5.74) is 5.31. The van der Waals surface area contributed by atoms with Gasteiger partial charge in [0, 0.05) is 24.4 Å². The minimum Gasteiger partial charge on any atom is -0.497 e. The van der Waals surface area contributed by atoms with E-state index in [9.17, 15) is 9.59 Å². The molecule has 5 rings (SSSR count). The number of benzene rings is 3.